The molecule has 0 bridgehead atoms. The molecule has 1 saturated heterocycles. The second kappa shape index (κ2) is 8.19. The fourth-order valence-electron chi connectivity index (χ4n) is 4.13. The first-order valence-electron chi connectivity index (χ1n) is 9.68. The van der Waals surface area contributed by atoms with Gasteiger partial charge in [-0.25, -0.2) is 0 Å². The van der Waals surface area contributed by atoms with Crippen molar-refractivity contribution < 1.29 is 19.3 Å². The third kappa shape index (κ3) is 3.45. The summed E-state index contributed by atoms with van der Waals surface area (Å²) in [6.07, 6.45) is 0. The van der Waals surface area contributed by atoms with Gasteiger partial charge < -0.3 is 25.1 Å². The highest BCUT2D eigenvalue weighted by molar-refractivity contribution is 5.97. The Balaban J connectivity index is 1.93. The maximum atomic E-state index is 11.2. The highest BCUT2D eigenvalue weighted by Crippen LogP contribution is 2.44. The number of anilines is 1. The van der Waals surface area contributed by atoms with Crippen molar-refractivity contribution in [1.82, 2.24) is 4.90 Å². The minimum Gasteiger partial charge on any atom is -0.507 e. The monoisotopic (exact) mass is 394 g/mol. The molecule has 1 aliphatic rings. The maximum absolute atomic E-state index is 11.2. The number of morpholine rings is 1. The molecule has 0 radical (unpaired) electrons. The average Bonchev–Trinajstić information content (AvgIpc) is 2.76. The van der Waals surface area contributed by atoms with E-state index in [-0.39, 0.29) is 11.8 Å². The van der Waals surface area contributed by atoms with E-state index >= 15 is 0 Å². The number of nitrogens with zero attached hydrogens (tertiary/aromatic N) is 1. The molecule has 0 aromatic heterocycles. The lowest BCUT2D eigenvalue weighted by atomic mass is 9.92. The number of phenolic OH excluding ortho intramolecular Hbond substituents is 1. The molecule has 6 heteroatoms. The van der Waals surface area contributed by atoms with Crippen LogP contribution in [0.5, 0.6) is 17.2 Å². The van der Waals surface area contributed by atoms with Gasteiger partial charge in [0.15, 0.2) is 11.5 Å². The van der Waals surface area contributed by atoms with Crippen LogP contribution in [0.2, 0.25) is 0 Å². The van der Waals surface area contributed by atoms with Crippen LogP contribution in [-0.2, 0) is 4.74 Å². The standard InChI is InChI=1S/C23H26N2O4/c1-27-20-8-4-6-18(23(20)28-2)21(25-11-13-29-14-12-25)17-10-9-15-16(22(17)26)5-3-7-19(15)24/h3-10,21,26H,11-14,24H2,1-2H3. The zero-order valence-corrected chi connectivity index (χ0v) is 16.7. The van der Waals surface area contributed by atoms with E-state index in [0.29, 0.717) is 30.4 Å². The number of hydrogen-bond acceptors (Lipinski definition) is 6. The van der Waals surface area contributed by atoms with Gasteiger partial charge in [0.05, 0.1) is 33.5 Å². The number of hydrogen-bond donors (Lipinski definition) is 2. The van der Waals surface area contributed by atoms with Crippen LogP contribution in [0.4, 0.5) is 5.69 Å². The number of phenols is 1. The molecule has 1 atom stereocenters. The third-order valence-electron chi connectivity index (χ3n) is 5.53. The van der Waals surface area contributed by atoms with Crippen LogP contribution in [0.25, 0.3) is 10.8 Å². The lowest BCUT2D eigenvalue weighted by Crippen LogP contribution is -2.39. The quantitative estimate of drug-likeness (QED) is 0.645. The van der Waals surface area contributed by atoms with Crippen LogP contribution in [0.3, 0.4) is 0 Å². The summed E-state index contributed by atoms with van der Waals surface area (Å²) < 4.78 is 16.8. The van der Waals surface area contributed by atoms with Gasteiger partial charge in [0.25, 0.3) is 0 Å². The number of nitrogen functional groups attached to an aromatic ring is 1. The van der Waals surface area contributed by atoms with E-state index in [1.807, 2.05) is 48.5 Å². The predicted molar refractivity (Wildman–Crippen MR) is 114 cm³/mol. The molecule has 3 aromatic carbocycles. The molecule has 4 rings (SSSR count). The van der Waals surface area contributed by atoms with E-state index < -0.39 is 0 Å². The normalized spacial score (nSPS) is 15.9. The smallest absolute Gasteiger partial charge is 0.165 e. The van der Waals surface area contributed by atoms with Gasteiger partial charge in [-0.1, -0.05) is 36.4 Å². The minimum absolute atomic E-state index is 0.213. The number of rotatable bonds is 5. The van der Waals surface area contributed by atoms with Crippen LogP contribution in [0.1, 0.15) is 17.2 Å². The highest BCUT2D eigenvalue weighted by atomic mass is 16.5. The van der Waals surface area contributed by atoms with Crippen molar-refractivity contribution in [1.29, 1.82) is 0 Å². The van der Waals surface area contributed by atoms with Crippen molar-refractivity contribution in [3.8, 4) is 17.2 Å². The van der Waals surface area contributed by atoms with Crippen LogP contribution >= 0.6 is 0 Å². The molecule has 3 N–H and O–H groups in total. The first kappa shape index (κ1) is 19.4. The zero-order valence-electron chi connectivity index (χ0n) is 16.7. The number of ether oxygens (including phenoxy) is 3. The fourth-order valence-corrected chi connectivity index (χ4v) is 4.13. The first-order chi connectivity index (χ1) is 14.2. The number of aromatic hydroxyl groups is 1. The summed E-state index contributed by atoms with van der Waals surface area (Å²) in [5.74, 6) is 1.56. The Morgan fingerprint density at radius 1 is 0.931 bits per heavy atom. The van der Waals surface area contributed by atoms with E-state index in [4.69, 9.17) is 19.9 Å². The Kier molecular flexibility index (Phi) is 5.47. The zero-order chi connectivity index (χ0) is 20.4. The molecule has 152 valence electrons. The second-order valence-electron chi connectivity index (χ2n) is 7.08. The van der Waals surface area contributed by atoms with Crippen LogP contribution in [0, 0.1) is 0 Å². The predicted octanol–water partition coefficient (Wildman–Crippen LogP) is 3.57. The van der Waals surface area contributed by atoms with E-state index in [2.05, 4.69) is 4.90 Å². The summed E-state index contributed by atoms with van der Waals surface area (Å²) >= 11 is 0. The lowest BCUT2D eigenvalue weighted by molar-refractivity contribution is 0.0231. The Bertz CT molecular complexity index is 1020. The van der Waals surface area contributed by atoms with Crippen molar-refractivity contribution in [3.05, 3.63) is 59.7 Å². The summed E-state index contributed by atoms with van der Waals surface area (Å²) in [6, 6.07) is 15.1. The third-order valence-corrected chi connectivity index (χ3v) is 5.53. The maximum Gasteiger partial charge on any atom is 0.165 e. The second-order valence-corrected chi connectivity index (χ2v) is 7.08. The fraction of sp³-hybridized carbons (Fsp3) is 0.304. The Morgan fingerprint density at radius 2 is 1.69 bits per heavy atom. The molecule has 0 saturated carbocycles. The molecule has 1 heterocycles. The summed E-state index contributed by atoms with van der Waals surface area (Å²) in [4.78, 5) is 2.30. The SMILES string of the molecule is COc1cccc(C(c2ccc3c(N)cccc3c2O)N2CCOCC2)c1OC. The van der Waals surface area contributed by atoms with Crippen molar-refractivity contribution >= 4 is 16.5 Å². The van der Waals surface area contributed by atoms with E-state index in [1.165, 1.54) is 0 Å². The van der Waals surface area contributed by atoms with Crippen molar-refractivity contribution in [3.63, 3.8) is 0 Å². The summed E-state index contributed by atoms with van der Waals surface area (Å²) in [6.45, 7) is 2.78. The summed E-state index contributed by atoms with van der Waals surface area (Å²) in [5.41, 5.74) is 8.50. The van der Waals surface area contributed by atoms with Gasteiger partial charge in [-0.05, 0) is 12.1 Å². The summed E-state index contributed by atoms with van der Waals surface area (Å²) in [5, 5.41) is 12.8. The molecule has 0 amide bonds. The van der Waals surface area contributed by atoms with E-state index in [0.717, 1.165) is 35.0 Å². The largest absolute Gasteiger partial charge is 0.507 e. The molecule has 6 nitrogen and oxygen atoms in total. The molecule has 29 heavy (non-hydrogen) atoms. The molecule has 0 aliphatic carbocycles. The molecule has 1 fully saturated rings. The molecule has 1 aliphatic heterocycles. The van der Waals surface area contributed by atoms with Gasteiger partial charge >= 0.3 is 0 Å². The number of para-hydroxylation sites is 1. The van der Waals surface area contributed by atoms with E-state index in [1.54, 1.807) is 14.2 Å². The van der Waals surface area contributed by atoms with Crippen LogP contribution in [-0.4, -0.2) is 50.5 Å². The molecular weight excluding hydrogens is 368 g/mol. The number of methoxy groups -OCH3 is 2. The van der Waals surface area contributed by atoms with Gasteiger partial charge in [0.2, 0.25) is 0 Å². The molecule has 1 unspecified atom stereocenters. The number of nitrogens with two attached hydrogens (primary N) is 1. The molecule has 0 spiro atoms. The Labute approximate surface area is 170 Å². The van der Waals surface area contributed by atoms with Gasteiger partial charge in [0, 0.05) is 40.7 Å². The summed E-state index contributed by atoms with van der Waals surface area (Å²) in [7, 11) is 3.26. The van der Waals surface area contributed by atoms with Gasteiger partial charge in [0.1, 0.15) is 5.75 Å². The van der Waals surface area contributed by atoms with Gasteiger partial charge in [-0.2, -0.15) is 0 Å². The Morgan fingerprint density at radius 3 is 2.41 bits per heavy atom. The van der Waals surface area contributed by atoms with Crippen LogP contribution < -0.4 is 15.2 Å². The minimum atomic E-state index is -0.213. The van der Waals surface area contributed by atoms with Gasteiger partial charge in [-0.3, -0.25) is 4.90 Å². The van der Waals surface area contributed by atoms with Crippen molar-refractivity contribution in [2.45, 2.75) is 6.04 Å². The van der Waals surface area contributed by atoms with E-state index in [9.17, 15) is 5.11 Å². The van der Waals surface area contributed by atoms with Crippen molar-refractivity contribution in [2.24, 2.45) is 0 Å². The Hall–Kier alpha value is -2.96. The van der Waals surface area contributed by atoms with Crippen molar-refractivity contribution in [2.75, 3.05) is 46.3 Å². The molecular formula is C23H26N2O4. The van der Waals surface area contributed by atoms with Gasteiger partial charge in [-0.15, -0.1) is 0 Å². The lowest BCUT2D eigenvalue weighted by Gasteiger charge is -2.36. The highest BCUT2D eigenvalue weighted by Gasteiger charge is 2.30. The first-order valence-corrected chi connectivity index (χ1v) is 9.68. The molecule has 3 aromatic rings. The number of benzene rings is 3. The number of fused-ring (bicyclic) bond motifs is 1. The average molecular weight is 394 g/mol. The topological polar surface area (TPSA) is 77.2 Å². The van der Waals surface area contributed by atoms with Crippen LogP contribution in [0.15, 0.2) is 48.5 Å².